The topological polar surface area (TPSA) is 83.6 Å². The zero-order chi connectivity index (χ0) is 17.4. The van der Waals surface area contributed by atoms with Gasteiger partial charge in [0.25, 0.3) is 5.91 Å². The first-order valence-corrected chi connectivity index (χ1v) is 6.31. The number of carbonyl (C=O) groups is 1. The van der Waals surface area contributed by atoms with E-state index in [4.69, 9.17) is 0 Å². The second-order valence-electron chi connectivity index (χ2n) is 4.01. The summed E-state index contributed by atoms with van der Waals surface area (Å²) in [6.45, 7) is 0. The molecule has 13 heteroatoms. The van der Waals surface area contributed by atoms with E-state index in [1.807, 2.05) is 5.32 Å². The Morgan fingerprint density at radius 2 is 1.83 bits per heavy atom. The first-order valence-electron chi connectivity index (χ1n) is 5.52. The molecule has 0 unspecified atom stereocenters. The fourth-order valence-corrected chi connectivity index (χ4v) is 1.84. The van der Waals surface area contributed by atoms with Crippen LogP contribution < -0.4 is 5.32 Å². The third kappa shape index (κ3) is 3.97. The highest BCUT2D eigenvalue weighted by Crippen LogP contribution is 2.30. The molecule has 23 heavy (non-hydrogen) atoms. The van der Waals surface area contributed by atoms with Gasteiger partial charge in [0.15, 0.2) is 17.2 Å². The lowest BCUT2D eigenvalue weighted by atomic mass is 10.3. The van der Waals surface area contributed by atoms with Crippen molar-refractivity contribution in [3.63, 3.8) is 0 Å². The molecular weight excluding hydrogens is 400 g/mol. The average molecular weight is 404 g/mol. The van der Waals surface area contributed by atoms with Crippen molar-refractivity contribution < 1.29 is 31.1 Å². The van der Waals surface area contributed by atoms with E-state index in [2.05, 4.69) is 31.0 Å². The predicted octanol–water partition coefficient (Wildman–Crippen LogP) is 3.25. The Kier molecular flexibility index (Phi) is 4.32. The predicted molar refractivity (Wildman–Crippen MR) is 66.3 cm³/mol. The third-order valence-electron chi connectivity index (χ3n) is 2.36. The Morgan fingerprint density at radius 1 is 1.17 bits per heavy atom. The summed E-state index contributed by atoms with van der Waals surface area (Å²) in [4.78, 5) is 18.2. The van der Waals surface area contributed by atoms with Crippen LogP contribution in [-0.2, 0) is 12.4 Å². The van der Waals surface area contributed by atoms with Crippen LogP contribution in [-0.4, -0.2) is 26.1 Å². The summed E-state index contributed by atoms with van der Waals surface area (Å²) in [5, 5.41) is 6.83. The van der Waals surface area contributed by atoms with Gasteiger partial charge in [-0.05, 0) is 15.9 Å². The highest BCUT2D eigenvalue weighted by molar-refractivity contribution is 9.10. The van der Waals surface area contributed by atoms with Gasteiger partial charge in [-0.1, -0.05) is 0 Å². The van der Waals surface area contributed by atoms with E-state index in [1.54, 1.807) is 5.10 Å². The maximum Gasteiger partial charge on any atom is 0.434 e. The second-order valence-corrected chi connectivity index (χ2v) is 4.76. The van der Waals surface area contributed by atoms with Crippen LogP contribution in [0.4, 0.5) is 32.2 Å². The van der Waals surface area contributed by atoms with E-state index in [-0.39, 0.29) is 0 Å². The second kappa shape index (κ2) is 5.79. The van der Waals surface area contributed by atoms with Gasteiger partial charge in [-0.3, -0.25) is 9.89 Å². The lowest BCUT2D eigenvalue weighted by Gasteiger charge is -2.07. The summed E-state index contributed by atoms with van der Waals surface area (Å²) < 4.78 is 73.8. The fraction of sp³-hybridized carbons (Fsp3) is 0.200. The van der Waals surface area contributed by atoms with Crippen LogP contribution in [0, 0.1) is 0 Å². The van der Waals surface area contributed by atoms with Crippen molar-refractivity contribution in [2.45, 2.75) is 12.4 Å². The Morgan fingerprint density at radius 3 is 2.30 bits per heavy atom. The maximum atomic E-state index is 12.4. The molecule has 2 aromatic heterocycles. The van der Waals surface area contributed by atoms with Gasteiger partial charge in [0.05, 0.1) is 6.20 Å². The number of amides is 1. The molecular formula is C10H4BrF6N5O. The van der Waals surface area contributed by atoms with Crippen molar-refractivity contribution in [1.29, 1.82) is 0 Å². The number of rotatable bonds is 2. The molecule has 0 aliphatic rings. The number of nitrogens with one attached hydrogen (secondary N) is 2. The Hall–Kier alpha value is -2.18. The molecule has 2 heterocycles. The minimum atomic E-state index is -4.76. The van der Waals surface area contributed by atoms with E-state index < -0.39 is 45.8 Å². The highest BCUT2D eigenvalue weighted by Gasteiger charge is 2.35. The van der Waals surface area contributed by atoms with Gasteiger partial charge >= 0.3 is 12.4 Å². The van der Waals surface area contributed by atoms with Gasteiger partial charge < -0.3 is 5.32 Å². The summed E-state index contributed by atoms with van der Waals surface area (Å²) in [6.07, 6.45) is -9.12. The number of hydrogen-bond donors (Lipinski definition) is 2. The van der Waals surface area contributed by atoms with Crippen molar-refractivity contribution in [3.05, 3.63) is 33.9 Å². The molecule has 0 radical (unpaired) electrons. The molecule has 0 fully saturated rings. The van der Waals surface area contributed by atoms with Gasteiger partial charge in [0, 0.05) is 6.07 Å². The lowest BCUT2D eigenvalue weighted by molar-refractivity contribution is -0.142. The van der Waals surface area contributed by atoms with Gasteiger partial charge in [-0.15, -0.1) is 0 Å². The minimum Gasteiger partial charge on any atom is -0.304 e. The summed E-state index contributed by atoms with van der Waals surface area (Å²) >= 11 is 2.65. The van der Waals surface area contributed by atoms with Crippen LogP contribution in [0.1, 0.15) is 21.9 Å². The SMILES string of the molecule is O=C(Nc1cc(C(F)(F)F)[nH]n1)c1ncc(C(F)(F)F)nc1Br. The normalized spacial score (nSPS) is 12.3. The van der Waals surface area contributed by atoms with Crippen LogP contribution >= 0.6 is 15.9 Å². The zero-order valence-electron chi connectivity index (χ0n) is 10.6. The number of halogens is 7. The van der Waals surface area contributed by atoms with Crippen LogP contribution in [0.25, 0.3) is 0 Å². The van der Waals surface area contributed by atoms with Crippen molar-refractivity contribution in [3.8, 4) is 0 Å². The largest absolute Gasteiger partial charge is 0.434 e. The van der Waals surface area contributed by atoms with Gasteiger partial charge in [-0.2, -0.15) is 31.4 Å². The van der Waals surface area contributed by atoms with Crippen molar-refractivity contribution in [2.24, 2.45) is 0 Å². The van der Waals surface area contributed by atoms with E-state index in [1.165, 1.54) is 0 Å². The molecule has 6 nitrogen and oxygen atoms in total. The first kappa shape index (κ1) is 17.2. The first-order chi connectivity index (χ1) is 10.5. The van der Waals surface area contributed by atoms with Gasteiger partial charge in [0.1, 0.15) is 10.3 Å². The quantitative estimate of drug-likeness (QED) is 0.753. The number of alkyl halides is 6. The van der Waals surface area contributed by atoms with Crippen molar-refractivity contribution in [1.82, 2.24) is 20.2 Å². The van der Waals surface area contributed by atoms with Crippen molar-refractivity contribution in [2.75, 3.05) is 5.32 Å². The molecule has 0 bridgehead atoms. The maximum absolute atomic E-state index is 12.4. The molecule has 2 aromatic rings. The smallest absolute Gasteiger partial charge is 0.304 e. The number of hydrogen-bond acceptors (Lipinski definition) is 4. The lowest BCUT2D eigenvalue weighted by Crippen LogP contribution is -2.17. The third-order valence-corrected chi connectivity index (χ3v) is 2.91. The standard InChI is InChI=1S/C10H4BrF6N5O/c11-7-6(18-2-4(19-7)10(15,16)17)8(23)20-5-1-3(21-22-5)9(12,13)14/h1-2H,(H2,20,21,22,23). The molecule has 1 amide bonds. The monoisotopic (exact) mass is 403 g/mol. The minimum absolute atomic E-state index is 0.325. The molecule has 0 aliphatic carbocycles. The fourth-order valence-electron chi connectivity index (χ4n) is 1.36. The number of anilines is 1. The molecule has 124 valence electrons. The number of aromatic nitrogens is 4. The van der Waals surface area contributed by atoms with Crippen LogP contribution in [0.3, 0.4) is 0 Å². The Bertz CT molecular complexity index is 740. The Balaban J connectivity index is 2.20. The molecule has 0 atom stereocenters. The summed E-state index contributed by atoms with van der Waals surface area (Å²) in [5.41, 5.74) is -3.08. The molecule has 0 saturated carbocycles. The van der Waals surface area contributed by atoms with Crippen molar-refractivity contribution >= 4 is 27.7 Å². The van der Waals surface area contributed by atoms with E-state index >= 15 is 0 Å². The Labute approximate surface area is 131 Å². The number of aromatic amines is 1. The summed E-state index contributed by atoms with van der Waals surface area (Å²) in [7, 11) is 0. The summed E-state index contributed by atoms with van der Waals surface area (Å²) in [6, 6.07) is 0.517. The van der Waals surface area contributed by atoms with E-state index in [0.717, 1.165) is 0 Å². The van der Waals surface area contributed by atoms with Gasteiger partial charge in [0.2, 0.25) is 0 Å². The molecule has 2 rings (SSSR count). The zero-order valence-corrected chi connectivity index (χ0v) is 12.1. The molecule has 0 spiro atoms. The molecule has 2 N–H and O–H groups in total. The van der Waals surface area contributed by atoms with Crippen LogP contribution in [0.5, 0.6) is 0 Å². The van der Waals surface area contributed by atoms with Gasteiger partial charge in [-0.25, -0.2) is 9.97 Å². The summed E-state index contributed by atoms with van der Waals surface area (Å²) in [5.74, 6) is -1.56. The number of carbonyl (C=O) groups excluding carboxylic acids is 1. The van der Waals surface area contributed by atoms with E-state index in [0.29, 0.717) is 12.3 Å². The van der Waals surface area contributed by atoms with Crippen LogP contribution in [0.2, 0.25) is 0 Å². The molecule has 0 aromatic carbocycles. The van der Waals surface area contributed by atoms with Crippen LogP contribution in [0.15, 0.2) is 16.9 Å². The number of nitrogens with zero attached hydrogens (tertiary/aromatic N) is 3. The van der Waals surface area contributed by atoms with E-state index in [9.17, 15) is 31.1 Å². The number of H-pyrrole nitrogens is 1. The average Bonchev–Trinajstić information content (AvgIpc) is 2.85. The highest BCUT2D eigenvalue weighted by atomic mass is 79.9. The molecule has 0 saturated heterocycles. The molecule has 0 aliphatic heterocycles.